The monoisotopic (exact) mass is 611 g/mol. The third-order valence-corrected chi connectivity index (χ3v) is 9.35. The average Bonchev–Trinajstić information content (AvgIpc) is 3.79. The average molecular weight is 612 g/mol. The summed E-state index contributed by atoms with van der Waals surface area (Å²) in [6.45, 7) is 8.59. The molecule has 3 heterocycles. The summed E-state index contributed by atoms with van der Waals surface area (Å²) in [5.41, 5.74) is 5.98. The van der Waals surface area contributed by atoms with Crippen LogP contribution in [0.3, 0.4) is 0 Å². The van der Waals surface area contributed by atoms with Crippen molar-refractivity contribution in [1.82, 2.24) is 9.80 Å². The van der Waals surface area contributed by atoms with Crippen LogP contribution in [0.5, 0.6) is 11.5 Å². The van der Waals surface area contributed by atoms with E-state index < -0.39 is 0 Å². The Bertz CT molecular complexity index is 1430. The highest BCUT2D eigenvalue weighted by Gasteiger charge is 2.35. The molecule has 3 aliphatic heterocycles. The van der Waals surface area contributed by atoms with Gasteiger partial charge in [0.05, 0.1) is 6.54 Å². The van der Waals surface area contributed by atoms with Gasteiger partial charge in [-0.3, -0.25) is 9.69 Å². The van der Waals surface area contributed by atoms with Crippen molar-refractivity contribution >= 4 is 17.9 Å². The van der Waals surface area contributed by atoms with Gasteiger partial charge in [-0.25, -0.2) is 0 Å². The summed E-state index contributed by atoms with van der Waals surface area (Å²) in [5.74, 6) is 2.06. The van der Waals surface area contributed by atoms with Crippen LogP contribution in [0, 0.1) is 0 Å². The molecule has 3 aromatic carbocycles. The van der Waals surface area contributed by atoms with E-state index in [0.29, 0.717) is 25.6 Å². The van der Waals surface area contributed by atoms with E-state index in [2.05, 4.69) is 67.1 Å². The van der Waals surface area contributed by atoms with Crippen molar-refractivity contribution in [2.75, 3.05) is 44.9 Å². The summed E-state index contributed by atoms with van der Waals surface area (Å²) in [7, 11) is 2.19. The predicted molar refractivity (Wildman–Crippen MR) is 180 cm³/mol. The lowest BCUT2D eigenvalue weighted by molar-refractivity contribution is -0.109. The molecular weight excluding hydrogens is 562 g/mol. The number of likely N-dealkylation sites (tertiary alicyclic amines) is 1. The highest BCUT2D eigenvalue weighted by atomic mass is 16.7. The molecule has 0 spiro atoms. The molecule has 1 amide bonds. The van der Waals surface area contributed by atoms with Gasteiger partial charge in [0, 0.05) is 50.5 Å². The number of benzene rings is 3. The molecule has 7 nitrogen and oxygen atoms in total. The summed E-state index contributed by atoms with van der Waals surface area (Å²) in [6.07, 6.45) is 9.14. The Labute approximate surface area is 269 Å². The lowest BCUT2D eigenvalue weighted by Gasteiger charge is -2.24. The lowest BCUT2D eigenvalue weighted by atomic mass is 9.95. The predicted octanol–water partition coefficient (Wildman–Crippen LogP) is 7.08. The van der Waals surface area contributed by atoms with Crippen molar-refractivity contribution in [2.24, 2.45) is 0 Å². The number of aldehydes is 1. The maximum absolute atomic E-state index is 12.6. The number of fused-ring (bicyclic) bond motifs is 2. The summed E-state index contributed by atoms with van der Waals surface area (Å²) in [6, 6.07) is 23.2. The van der Waals surface area contributed by atoms with E-state index in [4.69, 9.17) is 9.47 Å². The smallest absolute Gasteiger partial charge is 0.254 e. The molecule has 1 fully saturated rings. The van der Waals surface area contributed by atoms with Crippen LogP contribution in [0.2, 0.25) is 0 Å². The van der Waals surface area contributed by atoms with E-state index in [0.717, 1.165) is 54.8 Å². The molecule has 240 valence electrons. The molecule has 0 N–H and O–H groups in total. The van der Waals surface area contributed by atoms with E-state index >= 15 is 0 Å². The number of rotatable bonds is 13. The lowest BCUT2D eigenvalue weighted by Crippen LogP contribution is -2.35. The summed E-state index contributed by atoms with van der Waals surface area (Å²) in [5, 5.41) is 0. The van der Waals surface area contributed by atoms with Gasteiger partial charge in [0.2, 0.25) is 6.79 Å². The van der Waals surface area contributed by atoms with Gasteiger partial charge in [-0.1, -0.05) is 63.1 Å². The van der Waals surface area contributed by atoms with E-state index in [1.54, 1.807) is 0 Å². The Kier molecular flexibility index (Phi) is 11.5. The molecule has 0 aromatic heterocycles. The zero-order valence-electron chi connectivity index (χ0n) is 27.2. The Hall–Kier alpha value is -3.84. The molecule has 1 saturated heterocycles. The number of carbonyl (C=O) groups is 2. The number of anilines is 1. The van der Waals surface area contributed by atoms with Gasteiger partial charge < -0.3 is 24.1 Å². The molecule has 0 saturated carbocycles. The van der Waals surface area contributed by atoms with Crippen molar-refractivity contribution in [1.29, 1.82) is 0 Å². The van der Waals surface area contributed by atoms with Crippen LogP contribution in [0.4, 0.5) is 5.69 Å². The first-order chi connectivity index (χ1) is 22.0. The second kappa shape index (κ2) is 15.9. The first-order valence-electron chi connectivity index (χ1n) is 16.7. The van der Waals surface area contributed by atoms with Crippen molar-refractivity contribution < 1.29 is 19.1 Å². The number of amides is 1. The maximum atomic E-state index is 12.6. The Morgan fingerprint density at radius 2 is 1.78 bits per heavy atom. The van der Waals surface area contributed by atoms with Crippen LogP contribution in [-0.2, 0) is 17.8 Å². The molecule has 3 aromatic rings. The zero-order valence-corrected chi connectivity index (χ0v) is 27.2. The number of hydrogen-bond donors (Lipinski definition) is 0. The molecule has 7 heteroatoms. The van der Waals surface area contributed by atoms with Crippen molar-refractivity contribution in [3.05, 3.63) is 89.0 Å². The quantitative estimate of drug-likeness (QED) is 0.193. The van der Waals surface area contributed by atoms with Crippen molar-refractivity contribution in [3.63, 3.8) is 0 Å². The Balaban J connectivity index is 0.000000213. The third kappa shape index (κ3) is 8.26. The van der Waals surface area contributed by atoms with Gasteiger partial charge in [-0.2, -0.15) is 0 Å². The fraction of sp³-hybridized carbons (Fsp3) is 0.474. The minimum Gasteiger partial charge on any atom is -0.454 e. The number of hydrogen-bond acceptors (Lipinski definition) is 6. The number of nitrogens with zero attached hydrogens (tertiary/aromatic N) is 3. The molecule has 45 heavy (non-hydrogen) atoms. The summed E-state index contributed by atoms with van der Waals surface area (Å²) < 4.78 is 10.9. The number of unbranched alkanes of at least 4 members (excludes halogenated alkanes) is 2. The first kappa shape index (κ1) is 32.6. The van der Waals surface area contributed by atoms with Crippen LogP contribution in [0.15, 0.2) is 66.7 Å². The van der Waals surface area contributed by atoms with Crippen LogP contribution in [-0.4, -0.2) is 68.1 Å². The van der Waals surface area contributed by atoms with E-state index in [-0.39, 0.29) is 18.7 Å². The molecule has 6 rings (SSSR count). The summed E-state index contributed by atoms with van der Waals surface area (Å²) >= 11 is 0. The third-order valence-electron chi connectivity index (χ3n) is 9.35. The largest absolute Gasteiger partial charge is 0.454 e. The molecule has 3 aliphatic rings. The van der Waals surface area contributed by atoms with Gasteiger partial charge in [0.25, 0.3) is 5.91 Å². The van der Waals surface area contributed by atoms with Gasteiger partial charge in [0.1, 0.15) is 6.29 Å². The first-order valence-corrected chi connectivity index (χ1v) is 16.7. The molecule has 0 aliphatic carbocycles. The van der Waals surface area contributed by atoms with E-state index in [9.17, 15) is 9.59 Å². The van der Waals surface area contributed by atoms with Crippen LogP contribution < -0.4 is 14.4 Å². The molecule has 2 atom stereocenters. The number of carbonyl (C=O) groups excluding carboxylic acids is 2. The fourth-order valence-corrected chi connectivity index (χ4v) is 6.67. The zero-order chi connectivity index (χ0) is 31.6. The van der Waals surface area contributed by atoms with E-state index in [1.165, 1.54) is 48.9 Å². The highest BCUT2D eigenvalue weighted by Crippen LogP contribution is 2.39. The van der Waals surface area contributed by atoms with Gasteiger partial charge in [-0.15, -0.1) is 0 Å². The number of aryl methyl sites for hydroxylation is 1. The van der Waals surface area contributed by atoms with Gasteiger partial charge in [-0.05, 0) is 85.0 Å². The maximum Gasteiger partial charge on any atom is 0.254 e. The molecular formula is C38H49N3O4. The Morgan fingerprint density at radius 1 is 0.956 bits per heavy atom. The molecule has 0 bridgehead atoms. The SMILES string of the molecule is CCCCc1cccc(N(C)CCCC)c1.O=CCN1C[C@H](c2ccc3c(c2)OCO3)C[C@@H]1CCN1Cc2ccccc2C1=O. The van der Waals surface area contributed by atoms with Gasteiger partial charge in [0.15, 0.2) is 11.5 Å². The van der Waals surface area contributed by atoms with Crippen molar-refractivity contribution in [3.8, 4) is 11.5 Å². The van der Waals surface area contributed by atoms with Gasteiger partial charge >= 0.3 is 0 Å². The Morgan fingerprint density at radius 3 is 2.58 bits per heavy atom. The fourth-order valence-electron chi connectivity index (χ4n) is 6.67. The van der Waals surface area contributed by atoms with Crippen molar-refractivity contribution in [2.45, 2.75) is 77.3 Å². The second-order valence-corrected chi connectivity index (χ2v) is 12.5. The molecule has 0 unspecified atom stereocenters. The van der Waals surface area contributed by atoms with E-state index in [1.807, 2.05) is 35.2 Å². The minimum absolute atomic E-state index is 0.118. The highest BCUT2D eigenvalue weighted by molar-refractivity contribution is 5.98. The normalized spacial score (nSPS) is 18.5. The number of ether oxygens (including phenoxy) is 2. The molecule has 0 radical (unpaired) electrons. The summed E-state index contributed by atoms with van der Waals surface area (Å²) in [4.78, 5) is 30.4. The second-order valence-electron chi connectivity index (χ2n) is 12.5. The standard InChI is InChI=1S/C23H24N2O4.C15H25N/c26-10-9-24-14-18(16-5-6-21-22(12-16)29-15-28-21)11-19(24)7-8-25-13-17-3-1-2-4-20(17)23(25)27;1-4-6-9-14-10-8-11-15(13-14)16(3)12-7-5-2/h1-6,10,12,18-19H,7-9,11,13-15H2;8,10-11,13H,4-7,9,12H2,1-3H3/t18-,19+;/m1./s1. The van der Waals surface area contributed by atoms with Crippen LogP contribution in [0.25, 0.3) is 0 Å². The van der Waals surface area contributed by atoms with Crippen LogP contribution >= 0.6 is 0 Å². The topological polar surface area (TPSA) is 62.3 Å². The van der Waals surface area contributed by atoms with Crippen LogP contribution in [0.1, 0.15) is 85.3 Å². The minimum atomic E-state index is 0.118.